The maximum absolute atomic E-state index is 10.6. The molecule has 0 aliphatic rings. The van der Waals surface area contributed by atoms with Crippen molar-refractivity contribution in [3.8, 4) is 11.3 Å². The molecule has 1 heterocycles. The number of hydrogen-bond donors (Lipinski definition) is 2. The van der Waals surface area contributed by atoms with Crippen LogP contribution in [0.15, 0.2) is 40.8 Å². The number of carbonyl (C=O) groups is 1. The zero-order valence-corrected chi connectivity index (χ0v) is 9.22. The Labute approximate surface area is 98.7 Å². The van der Waals surface area contributed by atoms with Gasteiger partial charge in [0, 0.05) is 12.1 Å². The summed E-state index contributed by atoms with van der Waals surface area (Å²) in [4.78, 5) is 10.6. The Balaban J connectivity index is 2.33. The molecule has 1 aromatic carbocycles. The van der Waals surface area contributed by atoms with Crippen LogP contribution in [0, 0.1) is 0 Å². The van der Waals surface area contributed by atoms with E-state index in [1.807, 2.05) is 24.3 Å². The standard InChI is InChI=1S/C13H13NO3/c14-8-9-3-1-2-4-11(9)12-6-5-10(17-12)7-13(15)16/h1-6H,7-8,14H2,(H,15,16). The highest BCUT2D eigenvalue weighted by atomic mass is 16.4. The van der Waals surface area contributed by atoms with Crippen LogP contribution in [-0.4, -0.2) is 11.1 Å². The van der Waals surface area contributed by atoms with Crippen molar-refractivity contribution in [3.05, 3.63) is 47.7 Å². The molecule has 0 aliphatic heterocycles. The Morgan fingerprint density at radius 3 is 2.71 bits per heavy atom. The predicted molar refractivity (Wildman–Crippen MR) is 63.4 cm³/mol. The summed E-state index contributed by atoms with van der Waals surface area (Å²) in [6, 6.07) is 11.1. The van der Waals surface area contributed by atoms with E-state index in [-0.39, 0.29) is 6.42 Å². The molecule has 0 saturated heterocycles. The van der Waals surface area contributed by atoms with Gasteiger partial charge in [-0.25, -0.2) is 0 Å². The molecule has 4 heteroatoms. The van der Waals surface area contributed by atoms with Gasteiger partial charge in [-0.05, 0) is 17.7 Å². The summed E-state index contributed by atoms with van der Waals surface area (Å²) in [6.45, 7) is 0.422. The summed E-state index contributed by atoms with van der Waals surface area (Å²) in [6.07, 6.45) is -0.106. The molecule has 0 bridgehead atoms. The highest BCUT2D eigenvalue weighted by molar-refractivity contribution is 5.70. The zero-order valence-electron chi connectivity index (χ0n) is 9.22. The molecule has 2 aromatic rings. The van der Waals surface area contributed by atoms with Gasteiger partial charge in [-0.2, -0.15) is 0 Å². The maximum atomic E-state index is 10.6. The topological polar surface area (TPSA) is 76.5 Å². The van der Waals surface area contributed by atoms with Crippen molar-refractivity contribution in [1.29, 1.82) is 0 Å². The molecule has 0 unspecified atom stereocenters. The van der Waals surface area contributed by atoms with Crippen molar-refractivity contribution in [3.63, 3.8) is 0 Å². The number of furan rings is 1. The van der Waals surface area contributed by atoms with Gasteiger partial charge in [0.1, 0.15) is 17.9 Å². The number of carboxylic acids is 1. The van der Waals surface area contributed by atoms with E-state index < -0.39 is 5.97 Å². The van der Waals surface area contributed by atoms with Crippen molar-refractivity contribution in [2.24, 2.45) is 5.73 Å². The second kappa shape index (κ2) is 4.84. The van der Waals surface area contributed by atoms with Crippen LogP contribution in [0.2, 0.25) is 0 Å². The van der Waals surface area contributed by atoms with E-state index in [1.54, 1.807) is 12.1 Å². The van der Waals surface area contributed by atoms with Gasteiger partial charge in [-0.3, -0.25) is 4.79 Å². The normalized spacial score (nSPS) is 10.4. The molecule has 0 aliphatic carbocycles. The third-order valence-electron chi connectivity index (χ3n) is 2.49. The van der Waals surface area contributed by atoms with Gasteiger partial charge in [-0.1, -0.05) is 24.3 Å². The number of hydrogen-bond acceptors (Lipinski definition) is 3. The zero-order chi connectivity index (χ0) is 12.3. The highest BCUT2D eigenvalue weighted by Crippen LogP contribution is 2.25. The quantitative estimate of drug-likeness (QED) is 0.844. The van der Waals surface area contributed by atoms with Crippen molar-refractivity contribution in [2.75, 3.05) is 0 Å². The Morgan fingerprint density at radius 2 is 2.00 bits per heavy atom. The Kier molecular flexibility index (Phi) is 3.25. The van der Waals surface area contributed by atoms with Crippen molar-refractivity contribution in [2.45, 2.75) is 13.0 Å². The van der Waals surface area contributed by atoms with Gasteiger partial charge >= 0.3 is 5.97 Å². The van der Waals surface area contributed by atoms with E-state index in [1.165, 1.54) is 0 Å². The van der Waals surface area contributed by atoms with E-state index in [0.717, 1.165) is 11.1 Å². The molecule has 0 amide bonds. The molecule has 0 spiro atoms. The Morgan fingerprint density at radius 1 is 1.24 bits per heavy atom. The first-order valence-electron chi connectivity index (χ1n) is 5.29. The lowest BCUT2D eigenvalue weighted by Gasteiger charge is -2.03. The first kappa shape index (κ1) is 11.4. The van der Waals surface area contributed by atoms with E-state index in [0.29, 0.717) is 18.1 Å². The minimum absolute atomic E-state index is 0.106. The van der Waals surface area contributed by atoms with Gasteiger partial charge in [0.15, 0.2) is 0 Å². The second-order valence-electron chi connectivity index (χ2n) is 3.70. The van der Waals surface area contributed by atoms with Gasteiger partial charge in [0.25, 0.3) is 0 Å². The average Bonchev–Trinajstić information content (AvgIpc) is 2.76. The average molecular weight is 231 g/mol. The molecule has 0 atom stereocenters. The fourth-order valence-electron chi connectivity index (χ4n) is 1.71. The first-order chi connectivity index (χ1) is 8.20. The van der Waals surface area contributed by atoms with Crippen LogP contribution >= 0.6 is 0 Å². The Hall–Kier alpha value is -2.07. The van der Waals surface area contributed by atoms with Crippen LogP contribution in [0.5, 0.6) is 0 Å². The lowest BCUT2D eigenvalue weighted by atomic mass is 10.1. The van der Waals surface area contributed by atoms with Crippen LogP contribution in [0.25, 0.3) is 11.3 Å². The summed E-state index contributed by atoms with van der Waals surface area (Å²) in [5.41, 5.74) is 7.52. The molecule has 17 heavy (non-hydrogen) atoms. The fourth-order valence-corrected chi connectivity index (χ4v) is 1.71. The highest BCUT2D eigenvalue weighted by Gasteiger charge is 2.10. The monoisotopic (exact) mass is 231 g/mol. The molecule has 2 rings (SSSR count). The molecule has 0 radical (unpaired) electrons. The minimum Gasteiger partial charge on any atom is -0.481 e. The summed E-state index contributed by atoms with van der Waals surface area (Å²) < 4.78 is 5.49. The van der Waals surface area contributed by atoms with Crippen LogP contribution in [-0.2, 0) is 17.8 Å². The maximum Gasteiger partial charge on any atom is 0.311 e. The van der Waals surface area contributed by atoms with Crippen molar-refractivity contribution < 1.29 is 14.3 Å². The van der Waals surface area contributed by atoms with Gasteiger partial charge in [0.05, 0.1) is 0 Å². The largest absolute Gasteiger partial charge is 0.481 e. The fraction of sp³-hybridized carbons (Fsp3) is 0.154. The molecule has 0 fully saturated rings. The summed E-state index contributed by atoms with van der Waals surface area (Å²) in [5, 5.41) is 8.67. The lowest BCUT2D eigenvalue weighted by Crippen LogP contribution is -1.99. The number of carboxylic acid groups (broad SMARTS) is 1. The molecule has 88 valence electrons. The Bertz CT molecular complexity index is 531. The summed E-state index contributed by atoms with van der Waals surface area (Å²) in [5.74, 6) is 0.194. The van der Waals surface area contributed by atoms with Crippen molar-refractivity contribution >= 4 is 5.97 Å². The molecule has 0 saturated carbocycles. The van der Waals surface area contributed by atoms with Crippen LogP contribution in [0.1, 0.15) is 11.3 Å². The van der Waals surface area contributed by atoms with Crippen LogP contribution < -0.4 is 5.73 Å². The van der Waals surface area contributed by atoms with Gasteiger partial charge < -0.3 is 15.3 Å². The van der Waals surface area contributed by atoms with E-state index in [2.05, 4.69) is 0 Å². The number of nitrogens with two attached hydrogens (primary N) is 1. The molecule has 3 N–H and O–H groups in total. The molecule has 1 aromatic heterocycles. The summed E-state index contributed by atoms with van der Waals surface area (Å²) >= 11 is 0. The van der Waals surface area contributed by atoms with E-state index in [4.69, 9.17) is 15.3 Å². The third kappa shape index (κ3) is 2.54. The number of aliphatic carboxylic acids is 1. The number of benzene rings is 1. The van der Waals surface area contributed by atoms with Gasteiger partial charge in [0.2, 0.25) is 0 Å². The molecular weight excluding hydrogens is 218 g/mol. The minimum atomic E-state index is -0.905. The SMILES string of the molecule is NCc1ccccc1-c1ccc(CC(=O)O)o1. The van der Waals surface area contributed by atoms with Gasteiger partial charge in [-0.15, -0.1) is 0 Å². The molecule has 4 nitrogen and oxygen atoms in total. The lowest BCUT2D eigenvalue weighted by molar-refractivity contribution is -0.136. The third-order valence-corrected chi connectivity index (χ3v) is 2.49. The molecular formula is C13H13NO3. The van der Waals surface area contributed by atoms with Crippen molar-refractivity contribution in [1.82, 2.24) is 0 Å². The van der Waals surface area contributed by atoms with Crippen LogP contribution in [0.3, 0.4) is 0 Å². The van der Waals surface area contributed by atoms with E-state index in [9.17, 15) is 4.79 Å². The number of rotatable bonds is 4. The second-order valence-corrected chi connectivity index (χ2v) is 3.70. The van der Waals surface area contributed by atoms with Crippen LogP contribution in [0.4, 0.5) is 0 Å². The first-order valence-corrected chi connectivity index (χ1v) is 5.29. The smallest absolute Gasteiger partial charge is 0.311 e. The predicted octanol–water partition coefficient (Wildman–Crippen LogP) is 2.03. The summed E-state index contributed by atoms with van der Waals surface area (Å²) in [7, 11) is 0. The van der Waals surface area contributed by atoms with E-state index >= 15 is 0 Å².